The third kappa shape index (κ3) is 3.30. The number of hydrogen-bond donors (Lipinski definition) is 1. The highest BCUT2D eigenvalue weighted by Gasteiger charge is 2.61. The highest BCUT2D eigenvalue weighted by atomic mass is 16.3. The molecule has 0 radical (unpaired) electrons. The number of fused-ring (bicyclic) bond motifs is 5. The molecule has 0 aromatic heterocycles. The van der Waals surface area contributed by atoms with Gasteiger partial charge in [0.25, 0.3) is 0 Å². The zero-order valence-corrected chi connectivity index (χ0v) is 19.6. The Bertz CT molecular complexity index is 540. The lowest BCUT2D eigenvalue weighted by Gasteiger charge is -2.62. The van der Waals surface area contributed by atoms with Crippen LogP contribution < -0.4 is 0 Å². The summed E-state index contributed by atoms with van der Waals surface area (Å²) >= 11 is 0. The molecular weight excluding hydrogens is 340 g/mol. The van der Waals surface area contributed by atoms with Crippen molar-refractivity contribution in [3.8, 4) is 0 Å². The number of hydrogen-bond acceptors (Lipinski definition) is 1. The molecule has 0 bridgehead atoms. The lowest BCUT2D eigenvalue weighted by atomic mass is 9.44. The van der Waals surface area contributed by atoms with E-state index in [4.69, 9.17) is 0 Å². The van der Waals surface area contributed by atoms with E-state index in [-0.39, 0.29) is 11.5 Å². The lowest BCUT2D eigenvalue weighted by Crippen LogP contribution is -2.57. The topological polar surface area (TPSA) is 20.2 Å². The van der Waals surface area contributed by atoms with Gasteiger partial charge in [-0.05, 0) is 104 Å². The average Bonchev–Trinajstić information content (AvgIpc) is 3.00. The van der Waals surface area contributed by atoms with E-state index in [0.29, 0.717) is 5.41 Å². The third-order valence-electron chi connectivity index (χ3n) is 10.9. The molecule has 4 rings (SSSR count). The van der Waals surface area contributed by atoms with Crippen molar-refractivity contribution in [3.05, 3.63) is 0 Å². The van der Waals surface area contributed by atoms with E-state index < -0.39 is 0 Å². The van der Waals surface area contributed by atoms with Gasteiger partial charge in [0.2, 0.25) is 0 Å². The summed E-state index contributed by atoms with van der Waals surface area (Å²) in [6, 6.07) is 0. The Morgan fingerprint density at radius 3 is 2.39 bits per heavy atom. The summed E-state index contributed by atoms with van der Waals surface area (Å²) in [7, 11) is 0. The highest BCUT2D eigenvalue weighted by molar-refractivity contribution is 5.10. The lowest BCUT2D eigenvalue weighted by molar-refractivity contribution is -0.164. The van der Waals surface area contributed by atoms with E-state index >= 15 is 0 Å². The van der Waals surface area contributed by atoms with Gasteiger partial charge in [0, 0.05) is 0 Å². The van der Waals surface area contributed by atoms with Crippen molar-refractivity contribution in [2.45, 2.75) is 118 Å². The first kappa shape index (κ1) is 21.2. The van der Waals surface area contributed by atoms with E-state index in [1.54, 1.807) is 0 Å². The second-order valence-electron chi connectivity index (χ2n) is 12.5. The predicted molar refractivity (Wildman–Crippen MR) is 119 cm³/mol. The highest BCUT2D eigenvalue weighted by Crippen LogP contribution is 2.68. The largest absolute Gasteiger partial charge is 0.393 e. The molecular formula is C27H48O. The van der Waals surface area contributed by atoms with Crippen molar-refractivity contribution >= 4 is 0 Å². The van der Waals surface area contributed by atoms with Crippen LogP contribution in [0.5, 0.6) is 0 Å². The smallest absolute Gasteiger partial charge is 0.0599 e. The Morgan fingerprint density at radius 2 is 1.64 bits per heavy atom. The Kier molecular flexibility index (Phi) is 5.98. The van der Waals surface area contributed by atoms with Crippen molar-refractivity contribution in [2.75, 3.05) is 0 Å². The molecule has 4 fully saturated rings. The molecule has 0 amide bonds. The Labute approximate surface area is 175 Å². The zero-order chi connectivity index (χ0) is 20.1. The van der Waals surface area contributed by atoms with Crippen LogP contribution in [0.4, 0.5) is 0 Å². The number of aliphatic hydroxyl groups excluding tert-OH is 1. The molecule has 0 unspecified atom stereocenters. The van der Waals surface area contributed by atoms with Crippen molar-refractivity contribution < 1.29 is 5.11 Å². The van der Waals surface area contributed by atoms with E-state index in [2.05, 4.69) is 34.6 Å². The zero-order valence-electron chi connectivity index (χ0n) is 19.6. The number of aliphatic hydroxyl groups is 1. The molecule has 0 saturated heterocycles. The van der Waals surface area contributed by atoms with Crippen LogP contribution in [0.1, 0.15) is 112 Å². The molecule has 0 spiro atoms. The maximum absolute atomic E-state index is 11.1. The third-order valence-corrected chi connectivity index (χ3v) is 10.9. The first-order chi connectivity index (χ1) is 13.3. The summed E-state index contributed by atoms with van der Waals surface area (Å²) in [6.45, 7) is 12.5. The van der Waals surface area contributed by atoms with Gasteiger partial charge in [-0.1, -0.05) is 60.3 Å². The maximum atomic E-state index is 11.1. The van der Waals surface area contributed by atoms with Gasteiger partial charge in [-0.25, -0.2) is 0 Å². The average molecular weight is 389 g/mol. The van der Waals surface area contributed by atoms with Crippen LogP contribution in [0.25, 0.3) is 0 Å². The van der Waals surface area contributed by atoms with Crippen molar-refractivity contribution in [3.63, 3.8) is 0 Å². The predicted octanol–water partition coefficient (Wildman–Crippen LogP) is 7.47. The van der Waals surface area contributed by atoms with Crippen LogP contribution in [-0.2, 0) is 0 Å². The standard InChI is InChI=1S/C27H48O/c1-18(2)8-6-9-19(3)22-14-15-23-21-13-12-20-10-7-11-25(28)27(20,5)24(21)16-17-26(22,23)4/h18-25,28H,6-17H2,1-5H3/t19-,20-,21+,22+,23-,24+,25+,26+,27+/m1/s1. The Balaban J connectivity index is 1.49. The maximum Gasteiger partial charge on any atom is 0.0599 e. The minimum absolute atomic E-state index is 0.0319. The molecule has 9 atom stereocenters. The van der Waals surface area contributed by atoms with Crippen LogP contribution in [0.15, 0.2) is 0 Å². The molecule has 1 N–H and O–H groups in total. The normalized spacial score (nSPS) is 49.4. The molecule has 4 aliphatic rings. The quantitative estimate of drug-likeness (QED) is 0.518. The van der Waals surface area contributed by atoms with Gasteiger partial charge in [0.05, 0.1) is 6.10 Å². The second-order valence-corrected chi connectivity index (χ2v) is 12.5. The molecule has 0 heterocycles. The van der Waals surface area contributed by atoms with E-state index in [9.17, 15) is 5.11 Å². The summed E-state index contributed by atoms with van der Waals surface area (Å²) in [5.41, 5.74) is 0.810. The monoisotopic (exact) mass is 388 g/mol. The molecule has 0 aromatic rings. The summed E-state index contributed by atoms with van der Waals surface area (Å²) in [5.74, 6) is 6.15. The SMILES string of the molecule is CC(C)CCC[C@@H](C)[C@@H]1CC[C@@H]2[C@@H]3CC[C@H]4CCC[C@H](O)[C@]4(C)[C@H]3CC[C@]21C. The Morgan fingerprint density at radius 1 is 0.857 bits per heavy atom. The molecule has 4 aliphatic carbocycles. The van der Waals surface area contributed by atoms with Gasteiger partial charge in [-0.15, -0.1) is 0 Å². The van der Waals surface area contributed by atoms with Crippen LogP contribution in [0, 0.1) is 52.3 Å². The minimum atomic E-state index is -0.0319. The second kappa shape index (κ2) is 7.90. The minimum Gasteiger partial charge on any atom is -0.393 e. The molecule has 162 valence electrons. The molecule has 0 aromatic carbocycles. The van der Waals surface area contributed by atoms with E-state index in [1.165, 1.54) is 70.6 Å². The summed E-state index contributed by atoms with van der Waals surface area (Å²) in [6.07, 6.45) is 16.6. The van der Waals surface area contributed by atoms with Gasteiger partial charge in [0.15, 0.2) is 0 Å². The van der Waals surface area contributed by atoms with Crippen molar-refractivity contribution in [1.29, 1.82) is 0 Å². The summed E-state index contributed by atoms with van der Waals surface area (Å²) < 4.78 is 0. The van der Waals surface area contributed by atoms with Crippen LogP contribution >= 0.6 is 0 Å². The van der Waals surface area contributed by atoms with Gasteiger partial charge in [-0.3, -0.25) is 0 Å². The number of rotatable bonds is 5. The van der Waals surface area contributed by atoms with Crippen LogP contribution in [-0.4, -0.2) is 11.2 Å². The van der Waals surface area contributed by atoms with E-state index in [0.717, 1.165) is 47.8 Å². The molecule has 1 heteroatoms. The van der Waals surface area contributed by atoms with Gasteiger partial charge < -0.3 is 5.11 Å². The molecule has 1 nitrogen and oxygen atoms in total. The van der Waals surface area contributed by atoms with Crippen LogP contribution in [0.2, 0.25) is 0 Å². The van der Waals surface area contributed by atoms with Crippen molar-refractivity contribution in [2.24, 2.45) is 52.3 Å². The van der Waals surface area contributed by atoms with Gasteiger partial charge in [-0.2, -0.15) is 0 Å². The van der Waals surface area contributed by atoms with E-state index in [1.807, 2.05) is 0 Å². The Hall–Kier alpha value is -0.0400. The van der Waals surface area contributed by atoms with Crippen molar-refractivity contribution in [1.82, 2.24) is 0 Å². The molecule has 0 aliphatic heterocycles. The first-order valence-electron chi connectivity index (χ1n) is 13.0. The fraction of sp³-hybridized carbons (Fsp3) is 1.00. The first-order valence-corrected chi connectivity index (χ1v) is 13.0. The summed E-state index contributed by atoms with van der Waals surface area (Å²) in [5, 5.41) is 11.1. The van der Waals surface area contributed by atoms with Gasteiger partial charge in [0.1, 0.15) is 0 Å². The fourth-order valence-electron chi connectivity index (χ4n) is 9.34. The molecule has 4 saturated carbocycles. The van der Waals surface area contributed by atoms with Gasteiger partial charge >= 0.3 is 0 Å². The van der Waals surface area contributed by atoms with Crippen LogP contribution in [0.3, 0.4) is 0 Å². The molecule has 28 heavy (non-hydrogen) atoms. The summed E-state index contributed by atoms with van der Waals surface area (Å²) in [4.78, 5) is 0. The fourth-order valence-corrected chi connectivity index (χ4v) is 9.34.